The maximum absolute atomic E-state index is 12.5. The summed E-state index contributed by atoms with van der Waals surface area (Å²) in [5.74, 6) is 0. The van der Waals surface area contributed by atoms with Gasteiger partial charge in [0.2, 0.25) is 10.0 Å². The van der Waals surface area contributed by atoms with E-state index in [-0.39, 0.29) is 0 Å². The Bertz CT molecular complexity index is 3080. The van der Waals surface area contributed by atoms with Gasteiger partial charge in [-0.1, -0.05) is 121 Å². The monoisotopic (exact) mass is 824 g/mol. The highest BCUT2D eigenvalue weighted by atomic mass is 32.3. The minimum absolute atomic E-state index is 0.516. The van der Waals surface area contributed by atoms with Gasteiger partial charge in [-0.25, -0.2) is 32.1 Å². The second-order valence-electron chi connectivity index (χ2n) is 13.8. The predicted molar refractivity (Wildman–Crippen MR) is 247 cm³/mol. The Hall–Kier alpha value is -6.53. The summed E-state index contributed by atoms with van der Waals surface area (Å²) in [7, 11) is -3.50. The molecular weight excluding hydrogens is 789 g/mol. The molecule has 0 fully saturated rings. The third-order valence-electron chi connectivity index (χ3n) is 9.72. The molecule has 0 saturated heterocycles. The minimum Gasteiger partial charge on any atom is -0.326 e. The smallest absolute Gasteiger partial charge is 0.241 e. The molecule has 9 rings (SSSR count). The fraction of sp³-hybridized carbons (Fsp3) is 0.0417. The lowest BCUT2D eigenvalue weighted by Crippen LogP contribution is -2.21. The second kappa shape index (κ2) is 16.4. The summed E-state index contributed by atoms with van der Waals surface area (Å²) in [5, 5.41) is 0. The van der Waals surface area contributed by atoms with Gasteiger partial charge in [0.25, 0.3) is 0 Å². The molecule has 0 saturated carbocycles. The Balaban J connectivity index is 1.02. The predicted octanol–water partition coefficient (Wildman–Crippen LogP) is 12.1. The third kappa shape index (κ3) is 8.13. The number of nitrogens with zero attached hydrogens (tertiary/aromatic N) is 5. The average Bonchev–Trinajstić information content (AvgIpc) is 3.28. The van der Waals surface area contributed by atoms with Crippen LogP contribution in [0.5, 0.6) is 0 Å². The first-order valence-electron chi connectivity index (χ1n) is 18.8. The van der Waals surface area contributed by atoms with E-state index >= 15 is 0 Å². The third-order valence-corrected chi connectivity index (χ3v) is 13.2. The zero-order valence-electron chi connectivity index (χ0n) is 32.0. The lowest BCUT2D eigenvalue weighted by molar-refractivity contribution is 0.604. The van der Waals surface area contributed by atoms with Crippen LogP contribution in [0.4, 0.5) is 11.4 Å². The molecular formula is C48H36N6O2S3. The molecule has 11 heteroatoms. The molecule has 0 radical (unpaired) electrons. The molecule has 0 unspecified atom stereocenters. The van der Waals surface area contributed by atoms with Crippen molar-refractivity contribution in [3.63, 3.8) is 0 Å². The number of rotatable bonds is 11. The fourth-order valence-electron chi connectivity index (χ4n) is 7.00. The SMILES string of the molecule is CSN(c1ccc2nc(-c3ccccc3)c(-c3cccc(-c4cccc(SNc5ccc6nc(-c7ccccc7)c(-c7ccccc7)nc6c5)c4)c3)nc2c1)S(C)(=O)=O. The molecule has 59 heavy (non-hydrogen) atoms. The van der Waals surface area contributed by atoms with Crippen LogP contribution in [0, 0.1) is 0 Å². The first-order valence-corrected chi connectivity index (χ1v) is 22.6. The van der Waals surface area contributed by atoms with E-state index in [0.717, 1.165) is 84.0 Å². The van der Waals surface area contributed by atoms with Crippen LogP contribution in [0.2, 0.25) is 0 Å². The average molecular weight is 825 g/mol. The van der Waals surface area contributed by atoms with Crippen LogP contribution < -0.4 is 8.43 Å². The molecule has 8 nitrogen and oxygen atoms in total. The van der Waals surface area contributed by atoms with E-state index in [1.54, 1.807) is 18.4 Å². The van der Waals surface area contributed by atoms with Gasteiger partial charge in [-0.15, -0.1) is 0 Å². The summed E-state index contributed by atoms with van der Waals surface area (Å²) >= 11 is 2.66. The summed E-state index contributed by atoms with van der Waals surface area (Å²) in [5.41, 5.74) is 13.4. The van der Waals surface area contributed by atoms with E-state index in [2.05, 4.69) is 65.4 Å². The molecule has 2 aromatic heterocycles. The van der Waals surface area contributed by atoms with Gasteiger partial charge in [0.05, 0.1) is 56.8 Å². The van der Waals surface area contributed by atoms with Crippen LogP contribution in [-0.2, 0) is 10.0 Å². The van der Waals surface area contributed by atoms with Gasteiger partial charge in [-0.3, -0.25) is 0 Å². The van der Waals surface area contributed by atoms with Crippen molar-refractivity contribution >= 4 is 67.4 Å². The van der Waals surface area contributed by atoms with Gasteiger partial charge in [0.15, 0.2) is 0 Å². The van der Waals surface area contributed by atoms with Crippen molar-refractivity contribution in [2.24, 2.45) is 0 Å². The van der Waals surface area contributed by atoms with Crippen LogP contribution in [0.1, 0.15) is 0 Å². The Morgan fingerprint density at radius 3 is 1.47 bits per heavy atom. The minimum atomic E-state index is -3.50. The zero-order chi connectivity index (χ0) is 40.3. The van der Waals surface area contributed by atoms with E-state index in [9.17, 15) is 8.42 Å². The Labute approximate surface area is 351 Å². The normalized spacial score (nSPS) is 11.5. The molecule has 0 atom stereocenters. The van der Waals surface area contributed by atoms with Crippen molar-refractivity contribution in [3.8, 4) is 56.2 Å². The van der Waals surface area contributed by atoms with E-state index in [1.807, 2.05) is 103 Å². The summed E-state index contributed by atoms with van der Waals surface area (Å²) in [6.07, 6.45) is 2.93. The van der Waals surface area contributed by atoms with Gasteiger partial charge in [0, 0.05) is 39.1 Å². The molecule has 0 aliphatic carbocycles. The van der Waals surface area contributed by atoms with Crippen molar-refractivity contribution in [1.29, 1.82) is 0 Å². The second-order valence-corrected chi connectivity index (χ2v) is 17.5. The van der Waals surface area contributed by atoms with Crippen LogP contribution >= 0.6 is 23.9 Å². The number of hydrogen-bond donors (Lipinski definition) is 1. The van der Waals surface area contributed by atoms with Gasteiger partial charge in [-0.2, -0.15) is 0 Å². The number of benzene rings is 7. The number of aromatic nitrogens is 4. The number of sulfonamides is 1. The van der Waals surface area contributed by atoms with Crippen LogP contribution in [0.15, 0.2) is 181 Å². The Kier molecular flexibility index (Phi) is 10.6. The zero-order valence-corrected chi connectivity index (χ0v) is 34.5. The summed E-state index contributed by atoms with van der Waals surface area (Å²) < 4.78 is 29.9. The number of hydrogen-bond acceptors (Lipinski definition) is 9. The Morgan fingerprint density at radius 2 is 0.915 bits per heavy atom. The number of anilines is 2. The maximum atomic E-state index is 12.5. The van der Waals surface area contributed by atoms with Crippen molar-refractivity contribution in [2.75, 3.05) is 20.9 Å². The summed E-state index contributed by atoms with van der Waals surface area (Å²) in [6, 6.07) is 58.5. The van der Waals surface area contributed by atoms with Crippen LogP contribution in [-0.4, -0.2) is 40.9 Å². The van der Waals surface area contributed by atoms with E-state index in [4.69, 9.17) is 19.9 Å². The standard InChI is InChI=1S/C48H36N6O2S3/c1-57-54(59(2,55)56)39-25-27-42-44(31-39)52-48(47(50-42)34-18-10-5-11-19-34)37-22-12-20-35(28-37)36-21-13-23-40(29-36)58-53-38-24-26-41-43(30-38)51-46(33-16-8-4-9-17-33)45(49-41)32-14-6-3-7-15-32/h3-31,53H,1-2H3. The first kappa shape index (κ1) is 38.0. The van der Waals surface area contributed by atoms with Crippen LogP contribution in [0.3, 0.4) is 0 Å². The van der Waals surface area contributed by atoms with Gasteiger partial charge in [-0.05, 0) is 89.6 Å². The van der Waals surface area contributed by atoms with E-state index < -0.39 is 10.0 Å². The highest BCUT2D eigenvalue weighted by Crippen LogP contribution is 2.37. The largest absolute Gasteiger partial charge is 0.326 e. The number of nitrogens with one attached hydrogen (secondary N) is 1. The van der Waals surface area contributed by atoms with E-state index in [1.165, 1.54) is 21.9 Å². The molecule has 7 aromatic carbocycles. The van der Waals surface area contributed by atoms with Crippen LogP contribution in [0.25, 0.3) is 78.2 Å². The quantitative estimate of drug-likeness (QED) is 0.128. The first-order chi connectivity index (χ1) is 28.8. The molecule has 0 spiro atoms. The molecule has 2 heterocycles. The molecule has 0 aliphatic rings. The highest BCUT2D eigenvalue weighted by molar-refractivity contribution is 8.14. The lowest BCUT2D eigenvalue weighted by Gasteiger charge is -2.19. The maximum Gasteiger partial charge on any atom is 0.241 e. The van der Waals surface area contributed by atoms with Crippen molar-refractivity contribution < 1.29 is 8.42 Å². The lowest BCUT2D eigenvalue weighted by atomic mass is 9.99. The molecule has 0 bridgehead atoms. The van der Waals surface area contributed by atoms with Gasteiger partial charge >= 0.3 is 0 Å². The molecule has 9 aromatic rings. The summed E-state index contributed by atoms with van der Waals surface area (Å²) in [4.78, 5) is 21.5. The fourth-order valence-corrected chi connectivity index (χ4v) is 9.60. The topological polar surface area (TPSA) is 101 Å². The molecule has 0 aliphatic heterocycles. The molecule has 288 valence electrons. The molecule has 0 amide bonds. The van der Waals surface area contributed by atoms with Gasteiger partial charge < -0.3 is 4.72 Å². The van der Waals surface area contributed by atoms with E-state index in [0.29, 0.717) is 22.4 Å². The highest BCUT2D eigenvalue weighted by Gasteiger charge is 2.20. The number of fused-ring (bicyclic) bond motifs is 2. The molecule has 1 N–H and O–H groups in total. The Morgan fingerprint density at radius 1 is 0.458 bits per heavy atom. The van der Waals surface area contributed by atoms with Crippen molar-refractivity contribution in [1.82, 2.24) is 19.9 Å². The van der Waals surface area contributed by atoms with Crippen molar-refractivity contribution in [2.45, 2.75) is 4.90 Å². The summed E-state index contributed by atoms with van der Waals surface area (Å²) in [6.45, 7) is 0. The van der Waals surface area contributed by atoms with Gasteiger partial charge in [0.1, 0.15) is 0 Å². The van der Waals surface area contributed by atoms with Crippen molar-refractivity contribution in [3.05, 3.63) is 176 Å².